The molecule has 0 aliphatic carbocycles. The van der Waals surface area contributed by atoms with E-state index in [9.17, 15) is 23.1 Å². The second-order valence-corrected chi connectivity index (χ2v) is 12.0. The van der Waals surface area contributed by atoms with E-state index in [1.54, 1.807) is 17.0 Å². The van der Waals surface area contributed by atoms with Crippen molar-refractivity contribution >= 4 is 27.6 Å². The molecule has 1 saturated heterocycles. The zero-order valence-corrected chi connectivity index (χ0v) is 23.4. The lowest BCUT2D eigenvalue weighted by Crippen LogP contribution is -2.46. The lowest BCUT2D eigenvalue weighted by Gasteiger charge is -2.29. The van der Waals surface area contributed by atoms with Crippen LogP contribution >= 0.6 is 0 Å². The van der Waals surface area contributed by atoms with Crippen LogP contribution in [0.15, 0.2) is 42.7 Å². The Morgan fingerprint density at radius 2 is 2.00 bits per heavy atom. The van der Waals surface area contributed by atoms with E-state index in [-0.39, 0.29) is 32.2 Å². The number of pyridine rings is 1. The molecule has 0 saturated carbocycles. The molecule has 0 spiro atoms. The van der Waals surface area contributed by atoms with Crippen LogP contribution in [-0.4, -0.2) is 75.6 Å². The smallest absolute Gasteiger partial charge is 0.308 e. The molecule has 212 valence electrons. The number of likely N-dealkylation sites (tertiary alicyclic amines) is 1. The summed E-state index contributed by atoms with van der Waals surface area (Å²) in [5, 5.41) is 10.3. The number of rotatable bonds is 12. The topological polar surface area (TPSA) is 129 Å². The number of nitrogens with one attached hydrogen (secondary N) is 1. The monoisotopic (exact) mass is 561 g/mol. The number of aliphatic carboxylic acids is 1. The summed E-state index contributed by atoms with van der Waals surface area (Å²) in [6.45, 7) is 3.12. The number of carboxylic acids is 1. The number of sulfonamides is 1. The molecular weight excluding hydrogens is 524 g/mol. The minimum absolute atomic E-state index is 0.0106. The van der Waals surface area contributed by atoms with E-state index in [1.165, 1.54) is 0 Å². The number of anilines is 1. The minimum atomic E-state index is -3.45. The van der Waals surface area contributed by atoms with Gasteiger partial charge in [-0.1, -0.05) is 19.4 Å². The summed E-state index contributed by atoms with van der Waals surface area (Å²) in [5.74, 6) is -1.23. The molecule has 2 N–H and O–H groups in total. The Bertz CT molecular complexity index is 1300. The normalized spacial score (nSPS) is 20.7. The average Bonchev–Trinajstić information content (AvgIpc) is 3.48. The van der Waals surface area contributed by atoms with Gasteiger partial charge in [0, 0.05) is 37.7 Å². The largest absolute Gasteiger partial charge is 0.481 e. The zero-order chi connectivity index (χ0) is 28.2. The summed E-state index contributed by atoms with van der Waals surface area (Å²) in [5.41, 5.74) is 1.55. The summed E-state index contributed by atoms with van der Waals surface area (Å²) in [6.07, 6.45) is 6.83. The fourth-order valence-electron chi connectivity index (χ4n) is 5.43. The first-order valence-electron chi connectivity index (χ1n) is 13.1. The highest BCUT2D eigenvalue weighted by atomic mass is 32.2. The summed E-state index contributed by atoms with van der Waals surface area (Å²) < 4.78 is 38.7. The van der Waals surface area contributed by atoms with Gasteiger partial charge in [-0.3, -0.25) is 14.5 Å². The van der Waals surface area contributed by atoms with Crippen molar-refractivity contribution in [3.63, 3.8) is 0 Å². The van der Waals surface area contributed by atoms with Gasteiger partial charge in [0.1, 0.15) is 12.7 Å². The molecule has 2 aromatic rings. The van der Waals surface area contributed by atoms with Crippen molar-refractivity contribution in [2.24, 2.45) is 13.0 Å². The Morgan fingerprint density at radius 1 is 1.23 bits per heavy atom. The molecule has 1 aromatic carbocycles. The molecule has 0 bridgehead atoms. The van der Waals surface area contributed by atoms with Crippen molar-refractivity contribution in [1.29, 1.82) is 0 Å². The number of benzene rings is 1. The van der Waals surface area contributed by atoms with Crippen molar-refractivity contribution < 1.29 is 37.2 Å². The first-order valence-corrected chi connectivity index (χ1v) is 15.0. The number of aryl methyl sites for hydroxylation is 1. The molecule has 0 unspecified atom stereocenters. The SMILES string of the molecule is CCCCN(C(=O)CN1C[C@H](c2ccc3c(c2)OCO3)[C@@H](C(=O)O)[C@@H]1CCNS(C)(=O)=O)c1ccc[n+](C)c1. The van der Waals surface area contributed by atoms with E-state index in [4.69, 9.17) is 9.47 Å². The zero-order valence-electron chi connectivity index (χ0n) is 22.6. The molecule has 4 rings (SSSR count). The highest BCUT2D eigenvalue weighted by molar-refractivity contribution is 7.88. The molecular formula is C27H37N4O7S+. The van der Waals surface area contributed by atoms with Crippen LogP contribution < -0.4 is 23.7 Å². The fraction of sp³-hybridized carbons (Fsp3) is 0.519. The number of nitrogens with zero attached hydrogens (tertiary/aromatic N) is 3. The van der Waals surface area contributed by atoms with Crippen LogP contribution in [0.4, 0.5) is 5.69 Å². The number of hydrogen-bond acceptors (Lipinski definition) is 7. The Labute approximate surface area is 229 Å². The summed E-state index contributed by atoms with van der Waals surface area (Å²) in [7, 11) is -1.56. The van der Waals surface area contributed by atoms with Gasteiger partial charge in [-0.25, -0.2) is 17.7 Å². The number of carboxylic acid groups (broad SMARTS) is 1. The minimum Gasteiger partial charge on any atom is -0.481 e. The third kappa shape index (κ3) is 7.06. The molecule has 1 fully saturated rings. The number of carbonyl (C=O) groups is 2. The van der Waals surface area contributed by atoms with Gasteiger partial charge in [-0.15, -0.1) is 0 Å². The van der Waals surface area contributed by atoms with Crippen molar-refractivity contribution in [2.75, 3.05) is 44.1 Å². The summed E-state index contributed by atoms with van der Waals surface area (Å²) >= 11 is 0. The Balaban J connectivity index is 1.63. The predicted octanol–water partition coefficient (Wildman–Crippen LogP) is 1.48. The van der Waals surface area contributed by atoms with Gasteiger partial charge in [-0.2, -0.15) is 0 Å². The Morgan fingerprint density at radius 3 is 2.69 bits per heavy atom. The quantitative estimate of drug-likeness (QED) is 0.373. The maximum Gasteiger partial charge on any atom is 0.308 e. The predicted molar refractivity (Wildman–Crippen MR) is 144 cm³/mol. The van der Waals surface area contributed by atoms with Crippen molar-refractivity contribution in [3.8, 4) is 11.5 Å². The van der Waals surface area contributed by atoms with Crippen LogP contribution in [0, 0.1) is 5.92 Å². The number of fused-ring (bicyclic) bond motifs is 1. The molecule has 2 aliphatic rings. The molecule has 11 nitrogen and oxygen atoms in total. The number of hydrogen-bond donors (Lipinski definition) is 2. The molecule has 12 heteroatoms. The van der Waals surface area contributed by atoms with E-state index in [0.29, 0.717) is 24.6 Å². The van der Waals surface area contributed by atoms with Crippen molar-refractivity contribution in [1.82, 2.24) is 9.62 Å². The lowest BCUT2D eigenvalue weighted by atomic mass is 9.84. The second-order valence-electron chi connectivity index (χ2n) is 10.2. The number of unbranched alkanes of at least 4 members (excludes halogenated alkanes) is 1. The summed E-state index contributed by atoms with van der Waals surface area (Å²) in [6, 6.07) is 8.62. The van der Waals surface area contributed by atoms with E-state index in [0.717, 1.165) is 30.3 Å². The number of aromatic nitrogens is 1. The maximum atomic E-state index is 13.7. The average molecular weight is 562 g/mol. The van der Waals surface area contributed by atoms with Crippen LogP contribution in [0.2, 0.25) is 0 Å². The Hall–Kier alpha value is -3.22. The third-order valence-electron chi connectivity index (χ3n) is 7.27. The number of ether oxygens (including phenoxy) is 2. The van der Waals surface area contributed by atoms with Gasteiger partial charge in [0.25, 0.3) is 0 Å². The lowest BCUT2D eigenvalue weighted by molar-refractivity contribution is -0.670. The third-order valence-corrected chi connectivity index (χ3v) is 8.00. The first kappa shape index (κ1) is 28.8. The van der Waals surface area contributed by atoms with Gasteiger partial charge in [0.2, 0.25) is 22.7 Å². The molecule has 1 amide bonds. The van der Waals surface area contributed by atoms with Crippen LogP contribution in [-0.2, 0) is 26.7 Å². The molecule has 39 heavy (non-hydrogen) atoms. The maximum absolute atomic E-state index is 13.7. The number of amides is 1. The Kier molecular flexibility index (Phi) is 9.08. The van der Waals surface area contributed by atoms with Crippen molar-refractivity contribution in [2.45, 2.75) is 38.1 Å². The first-order chi connectivity index (χ1) is 18.6. The number of carbonyl (C=O) groups excluding carboxylic acids is 1. The molecule has 3 heterocycles. The van der Waals surface area contributed by atoms with Gasteiger partial charge in [-0.05, 0) is 36.6 Å². The molecule has 3 atom stereocenters. The highest BCUT2D eigenvalue weighted by Gasteiger charge is 2.47. The molecule has 2 aliphatic heterocycles. The van der Waals surface area contributed by atoms with Gasteiger partial charge in [0.15, 0.2) is 23.9 Å². The van der Waals surface area contributed by atoms with Crippen molar-refractivity contribution in [3.05, 3.63) is 48.3 Å². The summed E-state index contributed by atoms with van der Waals surface area (Å²) in [4.78, 5) is 30.0. The highest BCUT2D eigenvalue weighted by Crippen LogP contribution is 2.42. The molecule has 1 aromatic heterocycles. The van der Waals surface area contributed by atoms with E-state index in [2.05, 4.69) is 11.6 Å². The van der Waals surface area contributed by atoms with Crippen LogP contribution in [0.3, 0.4) is 0 Å². The van der Waals surface area contributed by atoms with Gasteiger partial charge < -0.3 is 19.5 Å². The molecule has 0 radical (unpaired) electrons. The van der Waals surface area contributed by atoms with E-state index in [1.807, 2.05) is 47.1 Å². The van der Waals surface area contributed by atoms with Crippen LogP contribution in [0.5, 0.6) is 11.5 Å². The van der Waals surface area contributed by atoms with E-state index < -0.39 is 33.9 Å². The van der Waals surface area contributed by atoms with Crippen LogP contribution in [0.25, 0.3) is 0 Å². The second kappa shape index (κ2) is 12.3. The standard InChI is InChI=1S/C27H36N4O7S/c1-4-5-13-31(20-7-6-12-29(2)15-20)25(32)17-30-16-21(19-8-9-23-24(14-19)38-18-37-23)26(27(33)34)22(30)10-11-28-39(3,35)36/h6-9,12,14-15,21-22,26,28H,4-5,10-11,13,16-18H2,1-3H3/p+1/t21-,22+,26-/m1/s1. The fourth-order valence-corrected chi connectivity index (χ4v) is 5.92. The van der Waals surface area contributed by atoms with Crippen LogP contribution in [0.1, 0.15) is 37.7 Å². The van der Waals surface area contributed by atoms with Gasteiger partial charge >= 0.3 is 5.97 Å². The van der Waals surface area contributed by atoms with Gasteiger partial charge in [0.05, 0.1) is 18.7 Å². The van der Waals surface area contributed by atoms with E-state index >= 15 is 0 Å².